The topological polar surface area (TPSA) is 23.6 Å². The minimum Gasteiger partial charge on any atom is -0.349 e. The number of piperidine rings is 1. The summed E-state index contributed by atoms with van der Waals surface area (Å²) in [6.07, 6.45) is 4.38. The van der Waals surface area contributed by atoms with Crippen molar-refractivity contribution < 1.29 is 4.79 Å². The smallest absolute Gasteiger partial charge is 0.222 e. The van der Waals surface area contributed by atoms with Crippen molar-refractivity contribution in [3.63, 3.8) is 0 Å². The van der Waals surface area contributed by atoms with Crippen molar-refractivity contribution in [2.75, 3.05) is 33.7 Å². The molecule has 1 heterocycles. The molecule has 0 spiro atoms. The van der Waals surface area contributed by atoms with Gasteiger partial charge in [-0.05, 0) is 38.3 Å². The zero-order valence-electron chi connectivity index (χ0n) is 10.3. The second-order valence-electron chi connectivity index (χ2n) is 4.73. The average Bonchev–Trinajstić information content (AvgIpc) is 2.26. The molecule has 1 rings (SSSR count). The van der Waals surface area contributed by atoms with Crippen molar-refractivity contribution >= 4 is 5.91 Å². The Bertz CT molecular complexity index is 204. The Balaban J connectivity index is 2.23. The zero-order chi connectivity index (χ0) is 11.3. The van der Waals surface area contributed by atoms with Gasteiger partial charge in [0, 0.05) is 27.1 Å². The van der Waals surface area contributed by atoms with Crippen molar-refractivity contribution in [1.82, 2.24) is 9.80 Å². The van der Waals surface area contributed by atoms with Gasteiger partial charge in [0.25, 0.3) is 0 Å². The lowest BCUT2D eigenvalue weighted by molar-refractivity contribution is -0.129. The van der Waals surface area contributed by atoms with E-state index in [-0.39, 0.29) is 5.91 Å². The van der Waals surface area contributed by atoms with Gasteiger partial charge in [-0.1, -0.05) is 6.92 Å². The quantitative estimate of drug-likeness (QED) is 0.706. The standard InChI is InChI=1S/C12H24N2O/c1-4-14-9-5-6-11(10-14)7-8-12(15)13(2)3/h11H,4-10H2,1-3H3/t11-/m0/s1. The maximum absolute atomic E-state index is 11.4. The van der Waals surface area contributed by atoms with Gasteiger partial charge in [0.15, 0.2) is 0 Å². The Morgan fingerprint density at radius 1 is 1.47 bits per heavy atom. The number of carbonyl (C=O) groups is 1. The van der Waals surface area contributed by atoms with Crippen molar-refractivity contribution in [1.29, 1.82) is 0 Å². The highest BCUT2D eigenvalue weighted by molar-refractivity contribution is 5.75. The van der Waals surface area contributed by atoms with Crippen LogP contribution in [-0.2, 0) is 4.79 Å². The molecule has 0 unspecified atom stereocenters. The van der Waals surface area contributed by atoms with Gasteiger partial charge in [-0.25, -0.2) is 0 Å². The number of nitrogens with zero attached hydrogens (tertiary/aromatic N) is 2. The van der Waals surface area contributed by atoms with Crippen LogP contribution >= 0.6 is 0 Å². The van der Waals surface area contributed by atoms with Gasteiger partial charge in [-0.3, -0.25) is 4.79 Å². The average molecular weight is 212 g/mol. The van der Waals surface area contributed by atoms with Crippen LogP contribution in [0, 0.1) is 5.92 Å². The molecular weight excluding hydrogens is 188 g/mol. The van der Waals surface area contributed by atoms with Gasteiger partial charge in [-0.15, -0.1) is 0 Å². The molecule has 88 valence electrons. The number of carbonyl (C=O) groups excluding carboxylic acids is 1. The Morgan fingerprint density at radius 2 is 2.20 bits per heavy atom. The largest absolute Gasteiger partial charge is 0.349 e. The molecule has 1 atom stereocenters. The molecule has 1 aliphatic heterocycles. The minimum atomic E-state index is 0.267. The highest BCUT2D eigenvalue weighted by Crippen LogP contribution is 2.20. The molecule has 1 amide bonds. The van der Waals surface area contributed by atoms with Gasteiger partial charge in [0.05, 0.1) is 0 Å². The van der Waals surface area contributed by atoms with E-state index in [0.29, 0.717) is 0 Å². The third-order valence-electron chi connectivity index (χ3n) is 3.32. The molecule has 0 radical (unpaired) electrons. The fraction of sp³-hybridized carbons (Fsp3) is 0.917. The summed E-state index contributed by atoms with van der Waals surface area (Å²) in [6, 6.07) is 0. The third kappa shape index (κ3) is 4.20. The molecular formula is C12H24N2O. The summed E-state index contributed by atoms with van der Waals surface area (Å²) in [7, 11) is 3.67. The number of hydrogen-bond acceptors (Lipinski definition) is 2. The summed E-state index contributed by atoms with van der Waals surface area (Å²) in [4.78, 5) is 15.6. The first-order chi connectivity index (χ1) is 7.13. The van der Waals surface area contributed by atoms with Crippen LogP contribution in [0.5, 0.6) is 0 Å². The van der Waals surface area contributed by atoms with Gasteiger partial charge < -0.3 is 9.80 Å². The molecule has 0 saturated carbocycles. The van der Waals surface area contributed by atoms with Crippen LogP contribution < -0.4 is 0 Å². The van der Waals surface area contributed by atoms with E-state index in [1.807, 2.05) is 14.1 Å². The molecule has 0 aromatic heterocycles. The summed E-state index contributed by atoms with van der Waals surface area (Å²) in [5, 5.41) is 0. The van der Waals surface area contributed by atoms with Crippen molar-refractivity contribution in [3.8, 4) is 0 Å². The number of hydrogen-bond donors (Lipinski definition) is 0. The molecule has 1 saturated heterocycles. The lowest BCUT2D eigenvalue weighted by Gasteiger charge is -2.31. The molecule has 3 heteroatoms. The van der Waals surface area contributed by atoms with Crippen molar-refractivity contribution in [2.24, 2.45) is 5.92 Å². The van der Waals surface area contributed by atoms with Crippen LogP contribution in [0.3, 0.4) is 0 Å². The third-order valence-corrected chi connectivity index (χ3v) is 3.32. The van der Waals surface area contributed by atoms with Crippen LogP contribution in [0.15, 0.2) is 0 Å². The molecule has 0 bridgehead atoms. The molecule has 0 aromatic rings. The summed E-state index contributed by atoms with van der Waals surface area (Å²) in [5.74, 6) is 1.01. The van der Waals surface area contributed by atoms with E-state index in [1.165, 1.54) is 25.9 Å². The van der Waals surface area contributed by atoms with Gasteiger partial charge in [-0.2, -0.15) is 0 Å². The van der Waals surface area contributed by atoms with E-state index in [2.05, 4.69) is 11.8 Å². The number of rotatable bonds is 4. The molecule has 0 N–H and O–H groups in total. The van der Waals surface area contributed by atoms with Crippen LogP contribution in [0.2, 0.25) is 0 Å². The van der Waals surface area contributed by atoms with E-state index < -0.39 is 0 Å². The Morgan fingerprint density at radius 3 is 2.80 bits per heavy atom. The monoisotopic (exact) mass is 212 g/mol. The summed E-state index contributed by atoms with van der Waals surface area (Å²) in [5.41, 5.74) is 0. The van der Waals surface area contributed by atoms with E-state index in [4.69, 9.17) is 0 Å². The van der Waals surface area contributed by atoms with Crippen LogP contribution in [0.4, 0.5) is 0 Å². The molecule has 0 aliphatic carbocycles. The predicted octanol–water partition coefficient (Wildman–Crippen LogP) is 1.59. The van der Waals surface area contributed by atoms with E-state index in [0.717, 1.165) is 25.3 Å². The summed E-state index contributed by atoms with van der Waals surface area (Å²) < 4.78 is 0. The first-order valence-corrected chi connectivity index (χ1v) is 6.06. The Labute approximate surface area is 93.4 Å². The molecule has 1 aliphatic rings. The summed E-state index contributed by atoms with van der Waals surface area (Å²) >= 11 is 0. The maximum atomic E-state index is 11.4. The molecule has 15 heavy (non-hydrogen) atoms. The second-order valence-corrected chi connectivity index (χ2v) is 4.73. The van der Waals surface area contributed by atoms with E-state index in [1.54, 1.807) is 4.90 Å². The number of amides is 1. The van der Waals surface area contributed by atoms with Gasteiger partial charge in [0.2, 0.25) is 5.91 Å². The van der Waals surface area contributed by atoms with Gasteiger partial charge in [0.1, 0.15) is 0 Å². The highest BCUT2D eigenvalue weighted by atomic mass is 16.2. The Kier molecular flexibility index (Phi) is 5.09. The van der Waals surface area contributed by atoms with Gasteiger partial charge >= 0.3 is 0 Å². The van der Waals surface area contributed by atoms with Crippen molar-refractivity contribution in [3.05, 3.63) is 0 Å². The van der Waals surface area contributed by atoms with Crippen molar-refractivity contribution in [2.45, 2.75) is 32.6 Å². The molecule has 1 fully saturated rings. The SMILES string of the molecule is CCN1CCC[C@@H](CCC(=O)N(C)C)C1. The van der Waals surface area contributed by atoms with Crippen LogP contribution in [0.1, 0.15) is 32.6 Å². The van der Waals surface area contributed by atoms with E-state index >= 15 is 0 Å². The van der Waals surface area contributed by atoms with Crippen LogP contribution in [0.25, 0.3) is 0 Å². The second kappa shape index (κ2) is 6.11. The summed E-state index contributed by atoms with van der Waals surface area (Å²) in [6.45, 7) is 5.80. The van der Waals surface area contributed by atoms with E-state index in [9.17, 15) is 4.79 Å². The molecule has 3 nitrogen and oxygen atoms in total. The normalized spacial score (nSPS) is 22.7. The minimum absolute atomic E-state index is 0.267. The fourth-order valence-electron chi connectivity index (χ4n) is 2.23. The predicted molar refractivity (Wildman–Crippen MR) is 62.8 cm³/mol. The zero-order valence-corrected chi connectivity index (χ0v) is 10.3. The van der Waals surface area contributed by atoms with Crippen LogP contribution in [-0.4, -0.2) is 49.4 Å². The Hall–Kier alpha value is -0.570. The fourth-order valence-corrected chi connectivity index (χ4v) is 2.23. The first kappa shape index (κ1) is 12.5. The molecule has 0 aromatic carbocycles. The lowest BCUT2D eigenvalue weighted by atomic mass is 9.93. The lowest BCUT2D eigenvalue weighted by Crippen LogP contribution is -2.35. The number of likely N-dealkylation sites (tertiary alicyclic amines) is 1. The highest BCUT2D eigenvalue weighted by Gasteiger charge is 2.19. The first-order valence-electron chi connectivity index (χ1n) is 6.06. The maximum Gasteiger partial charge on any atom is 0.222 e.